The van der Waals surface area contributed by atoms with Gasteiger partial charge >= 0.3 is 0 Å². The SMILES string of the molecule is O=P1(O)COc2ccccc2OC1. The van der Waals surface area contributed by atoms with Gasteiger partial charge in [-0.2, -0.15) is 0 Å². The van der Waals surface area contributed by atoms with Crippen molar-refractivity contribution in [3.05, 3.63) is 24.3 Å². The molecule has 0 bridgehead atoms. The van der Waals surface area contributed by atoms with Gasteiger partial charge < -0.3 is 14.4 Å². The predicted molar refractivity (Wildman–Crippen MR) is 47.3 cm³/mol. The lowest BCUT2D eigenvalue weighted by Gasteiger charge is -2.05. The van der Waals surface area contributed by atoms with E-state index in [2.05, 4.69) is 0 Å². The van der Waals surface area contributed by atoms with Crippen LogP contribution in [-0.2, 0) is 4.57 Å². The van der Waals surface area contributed by atoms with Crippen molar-refractivity contribution in [1.29, 1.82) is 0 Å². The fourth-order valence-electron chi connectivity index (χ4n) is 1.07. The van der Waals surface area contributed by atoms with Crippen molar-refractivity contribution in [2.24, 2.45) is 0 Å². The van der Waals surface area contributed by atoms with Crippen LogP contribution < -0.4 is 9.47 Å². The van der Waals surface area contributed by atoms with E-state index >= 15 is 0 Å². The van der Waals surface area contributed by atoms with E-state index in [0.29, 0.717) is 11.5 Å². The topological polar surface area (TPSA) is 55.8 Å². The van der Waals surface area contributed by atoms with Crippen LogP contribution in [-0.4, -0.2) is 17.6 Å². The van der Waals surface area contributed by atoms with Crippen molar-refractivity contribution >= 4 is 7.37 Å². The summed E-state index contributed by atoms with van der Waals surface area (Å²) >= 11 is 0. The first kappa shape index (κ1) is 8.60. The molecule has 13 heavy (non-hydrogen) atoms. The Morgan fingerprint density at radius 1 is 1.15 bits per heavy atom. The van der Waals surface area contributed by atoms with Gasteiger partial charge in [0, 0.05) is 0 Å². The van der Waals surface area contributed by atoms with Crippen LogP contribution in [0.3, 0.4) is 0 Å². The Morgan fingerprint density at radius 3 is 2.08 bits per heavy atom. The standard InChI is InChI=1S/C8H9O4P/c9-13(10)5-11-7-3-1-2-4-8(7)12-6-13/h1-4H,5-6H2,(H,9,10). The van der Waals surface area contributed by atoms with Gasteiger partial charge in [-0.3, -0.25) is 4.57 Å². The smallest absolute Gasteiger partial charge is 0.273 e. The summed E-state index contributed by atoms with van der Waals surface area (Å²) in [5.41, 5.74) is 0. The number of rotatable bonds is 0. The number of para-hydroxylation sites is 2. The van der Waals surface area contributed by atoms with Gasteiger partial charge in [0.2, 0.25) is 0 Å². The van der Waals surface area contributed by atoms with E-state index in [1.807, 2.05) is 0 Å². The molecule has 70 valence electrons. The molecule has 1 aliphatic rings. The maximum Gasteiger partial charge on any atom is 0.273 e. The highest BCUT2D eigenvalue weighted by atomic mass is 31.2. The molecular formula is C8H9O4P. The molecule has 0 unspecified atom stereocenters. The van der Waals surface area contributed by atoms with Crippen LogP contribution in [0.25, 0.3) is 0 Å². The van der Waals surface area contributed by atoms with Crippen molar-refractivity contribution in [3.63, 3.8) is 0 Å². The Hall–Kier alpha value is -0.990. The Bertz CT molecular complexity index is 332. The molecule has 1 aromatic carbocycles. The zero-order chi connectivity index (χ0) is 9.31. The largest absolute Gasteiger partial charge is 0.479 e. The lowest BCUT2D eigenvalue weighted by Crippen LogP contribution is -2.00. The fraction of sp³-hybridized carbons (Fsp3) is 0.250. The highest BCUT2D eigenvalue weighted by Gasteiger charge is 2.25. The third-order valence-electron chi connectivity index (χ3n) is 1.69. The van der Waals surface area contributed by atoms with E-state index in [0.717, 1.165) is 0 Å². The molecule has 0 spiro atoms. The first-order valence-corrected chi connectivity index (χ1v) is 5.86. The minimum Gasteiger partial charge on any atom is -0.479 e. The van der Waals surface area contributed by atoms with Gasteiger partial charge in [-0.25, -0.2) is 0 Å². The van der Waals surface area contributed by atoms with Crippen molar-refractivity contribution in [1.82, 2.24) is 0 Å². The second-order valence-electron chi connectivity index (χ2n) is 2.84. The first-order valence-electron chi connectivity index (χ1n) is 3.83. The molecule has 1 aromatic rings. The maximum absolute atomic E-state index is 11.2. The van der Waals surface area contributed by atoms with Gasteiger partial charge in [0.05, 0.1) is 0 Å². The summed E-state index contributed by atoms with van der Waals surface area (Å²) in [6.07, 6.45) is -0.353. The zero-order valence-corrected chi connectivity index (χ0v) is 7.74. The van der Waals surface area contributed by atoms with Crippen LogP contribution >= 0.6 is 7.37 Å². The third kappa shape index (κ3) is 1.85. The summed E-state index contributed by atoms with van der Waals surface area (Å²) in [5.74, 6) is 1.04. The Morgan fingerprint density at radius 2 is 1.62 bits per heavy atom. The molecule has 0 fully saturated rings. The Labute approximate surface area is 75.6 Å². The molecule has 0 saturated heterocycles. The number of hydrogen-bond acceptors (Lipinski definition) is 3. The van der Waals surface area contributed by atoms with E-state index in [4.69, 9.17) is 9.47 Å². The Balaban J connectivity index is 2.32. The quantitative estimate of drug-likeness (QED) is 0.647. The number of benzene rings is 1. The van der Waals surface area contributed by atoms with Gasteiger partial charge in [-0.1, -0.05) is 12.1 Å². The molecule has 0 aliphatic carbocycles. The molecule has 5 heteroatoms. The van der Waals surface area contributed by atoms with E-state index in [-0.39, 0.29) is 12.7 Å². The minimum absolute atomic E-state index is 0.177. The highest BCUT2D eigenvalue weighted by Crippen LogP contribution is 2.45. The number of hydrogen-bond donors (Lipinski definition) is 1. The molecule has 0 aromatic heterocycles. The van der Waals surface area contributed by atoms with E-state index in [1.54, 1.807) is 24.3 Å². The van der Waals surface area contributed by atoms with Crippen LogP contribution in [0.5, 0.6) is 11.5 Å². The summed E-state index contributed by atoms with van der Waals surface area (Å²) in [4.78, 5) is 9.23. The molecule has 0 radical (unpaired) electrons. The van der Waals surface area contributed by atoms with Crippen molar-refractivity contribution in [2.75, 3.05) is 12.7 Å². The average molecular weight is 200 g/mol. The van der Waals surface area contributed by atoms with Gasteiger partial charge in [-0.05, 0) is 12.1 Å². The number of ether oxygens (including phenoxy) is 2. The molecule has 0 amide bonds. The Kier molecular flexibility index (Phi) is 2.02. The fourth-order valence-corrected chi connectivity index (χ4v) is 1.82. The maximum atomic E-state index is 11.2. The molecule has 2 rings (SSSR count). The second-order valence-corrected chi connectivity index (χ2v) is 5.05. The van der Waals surface area contributed by atoms with Gasteiger partial charge in [0.15, 0.2) is 24.2 Å². The molecular weight excluding hydrogens is 191 g/mol. The summed E-state index contributed by atoms with van der Waals surface area (Å²) in [7, 11) is -3.26. The summed E-state index contributed by atoms with van der Waals surface area (Å²) in [6, 6.07) is 6.99. The van der Waals surface area contributed by atoms with Crippen LogP contribution in [0.4, 0.5) is 0 Å². The van der Waals surface area contributed by atoms with Crippen molar-refractivity contribution in [2.45, 2.75) is 0 Å². The molecule has 0 saturated carbocycles. The normalized spacial score (nSPS) is 19.2. The highest BCUT2D eigenvalue weighted by molar-refractivity contribution is 7.57. The van der Waals surface area contributed by atoms with Gasteiger partial charge in [0.1, 0.15) is 0 Å². The van der Waals surface area contributed by atoms with Crippen molar-refractivity contribution in [3.8, 4) is 11.5 Å². The second kappa shape index (κ2) is 3.05. The molecule has 0 atom stereocenters. The zero-order valence-electron chi connectivity index (χ0n) is 6.84. The van der Waals surface area contributed by atoms with Gasteiger partial charge in [0.25, 0.3) is 7.37 Å². The predicted octanol–water partition coefficient (Wildman–Crippen LogP) is 1.64. The summed E-state index contributed by atoms with van der Waals surface area (Å²) in [5, 5.41) is 0. The van der Waals surface area contributed by atoms with E-state index in [1.165, 1.54) is 0 Å². The molecule has 1 heterocycles. The lowest BCUT2D eigenvalue weighted by molar-refractivity contribution is 0.355. The summed E-state index contributed by atoms with van der Waals surface area (Å²) < 4.78 is 21.5. The van der Waals surface area contributed by atoms with Crippen LogP contribution in [0.15, 0.2) is 24.3 Å². The minimum atomic E-state index is -3.26. The van der Waals surface area contributed by atoms with Gasteiger partial charge in [-0.15, -0.1) is 0 Å². The monoisotopic (exact) mass is 200 g/mol. The molecule has 1 N–H and O–H groups in total. The first-order chi connectivity index (χ1) is 6.17. The summed E-state index contributed by atoms with van der Waals surface area (Å²) in [6.45, 7) is 0. The molecule has 1 aliphatic heterocycles. The van der Waals surface area contributed by atoms with Crippen LogP contribution in [0, 0.1) is 0 Å². The van der Waals surface area contributed by atoms with Crippen molar-refractivity contribution < 1.29 is 18.9 Å². The average Bonchev–Trinajstić information content (AvgIpc) is 2.27. The van der Waals surface area contributed by atoms with E-state index < -0.39 is 7.37 Å². The van der Waals surface area contributed by atoms with E-state index in [9.17, 15) is 9.46 Å². The van der Waals surface area contributed by atoms with Crippen LogP contribution in [0.2, 0.25) is 0 Å². The molecule has 4 nitrogen and oxygen atoms in total. The lowest BCUT2D eigenvalue weighted by atomic mass is 10.3. The number of fused-ring (bicyclic) bond motifs is 1. The van der Waals surface area contributed by atoms with Crippen LogP contribution in [0.1, 0.15) is 0 Å². The third-order valence-corrected chi connectivity index (χ3v) is 2.76.